The minimum Gasteiger partial charge on any atom is -0.376 e. The fourth-order valence-electron chi connectivity index (χ4n) is 2.98. The fourth-order valence-corrected chi connectivity index (χ4v) is 3.91. The Kier molecular flexibility index (Phi) is 6.08. The molecule has 2 N–H and O–H groups in total. The molecule has 1 aromatic carbocycles. The summed E-state index contributed by atoms with van der Waals surface area (Å²) >= 11 is 0. The Morgan fingerprint density at radius 2 is 1.92 bits per heavy atom. The van der Waals surface area contributed by atoms with E-state index in [9.17, 15) is 13.2 Å². The molecule has 1 saturated heterocycles. The van der Waals surface area contributed by atoms with E-state index in [1.165, 1.54) is 20.2 Å². The van der Waals surface area contributed by atoms with Crippen LogP contribution in [0.1, 0.15) is 19.8 Å². The van der Waals surface area contributed by atoms with E-state index in [2.05, 4.69) is 17.6 Å². The van der Waals surface area contributed by atoms with Crippen molar-refractivity contribution in [3.8, 4) is 0 Å². The van der Waals surface area contributed by atoms with E-state index >= 15 is 0 Å². The van der Waals surface area contributed by atoms with Crippen LogP contribution in [0.25, 0.3) is 0 Å². The first-order chi connectivity index (χ1) is 11.6. The Morgan fingerprint density at radius 1 is 1.24 bits per heavy atom. The van der Waals surface area contributed by atoms with Crippen LogP contribution >= 0.6 is 0 Å². The van der Waals surface area contributed by atoms with Crippen LogP contribution in [0.2, 0.25) is 0 Å². The summed E-state index contributed by atoms with van der Waals surface area (Å²) in [5.74, 6) is -0.128. The molecule has 25 heavy (non-hydrogen) atoms. The molecule has 7 nitrogen and oxygen atoms in total. The predicted molar refractivity (Wildman–Crippen MR) is 100 cm³/mol. The summed E-state index contributed by atoms with van der Waals surface area (Å²) in [5.41, 5.74) is 1.29. The first-order valence-corrected chi connectivity index (χ1v) is 9.85. The Hall–Kier alpha value is -1.64. The summed E-state index contributed by atoms with van der Waals surface area (Å²) < 4.78 is 25.9. The van der Waals surface area contributed by atoms with Crippen LogP contribution in [0, 0.1) is 5.92 Å². The molecule has 0 saturated carbocycles. The summed E-state index contributed by atoms with van der Waals surface area (Å²) in [6.45, 7) is 2.88. The van der Waals surface area contributed by atoms with Gasteiger partial charge in [-0.1, -0.05) is 0 Å². The Morgan fingerprint density at radius 3 is 2.48 bits per heavy atom. The number of rotatable bonds is 5. The molecule has 0 bridgehead atoms. The average molecular weight is 369 g/mol. The van der Waals surface area contributed by atoms with E-state index in [1.54, 1.807) is 12.1 Å². The number of piperidine rings is 1. The zero-order valence-electron chi connectivity index (χ0n) is 15.5. The third kappa shape index (κ3) is 4.50. The molecule has 0 aliphatic carbocycles. The number of sulfonamides is 1. The normalized spacial score (nSPS) is 21.2. The largest absolute Gasteiger partial charge is 0.376 e. The topological polar surface area (TPSA) is 81.8 Å². The van der Waals surface area contributed by atoms with Crippen molar-refractivity contribution in [3.63, 3.8) is 0 Å². The molecule has 1 aliphatic heterocycles. The molecule has 1 amide bonds. The molecule has 0 spiro atoms. The van der Waals surface area contributed by atoms with Gasteiger partial charge in [-0.25, -0.2) is 12.7 Å². The zero-order valence-corrected chi connectivity index (χ0v) is 16.4. The minimum absolute atomic E-state index is 0.0594. The second-order valence-corrected chi connectivity index (χ2v) is 9.08. The summed E-state index contributed by atoms with van der Waals surface area (Å²) in [5, 5.41) is 6.27. The van der Waals surface area contributed by atoms with Gasteiger partial charge < -0.3 is 15.5 Å². The highest BCUT2D eigenvalue weighted by molar-refractivity contribution is 7.89. The van der Waals surface area contributed by atoms with Gasteiger partial charge >= 0.3 is 0 Å². The van der Waals surface area contributed by atoms with Crippen molar-refractivity contribution in [1.29, 1.82) is 0 Å². The van der Waals surface area contributed by atoms with Crippen molar-refractivity contribution in [2.75, 3.05) is 45.0 Å². The van der Waals surface area contributed by atoms with Crippen molar-refractivity contribution >= 4 is 27.3 Å². The SMILES string of the molecule is C[C@H]1C[C@@H](C(=O)Nc2cc(S(=O)(=O)N(C)C)ccc2N(C)C)CCN1. The minimum atomic E-state index is -3.56. The summed E-state index contributed by atoms with van der Waals surface area (Å²) in [7, 11) is 3.14. The van der Waals surface area contributed by atoms with Crippen LogP contribution in [0.5, 0.6) is 0 Å². The highest BCUT2D eigenvalue weighted by Crippen LogP contribution is 2.30. The molecule has 0 radical (unpaired) electrons. The van der Waals surface area contributed by atoms with Gasteiger partial charge in [0, 0.05) is 40.2 Å². The van der Waals surface area contributed by atoms with Gasteiger partial charge in [0.15, 0.2) is 0 Å². The summed E-state index contributed by atoms with van der Waals surface area (Å²) in [4.78, 5) is 14.7. The molecule has 1 aliphatic rings. The fraction of sp³-hybridized carbons (Fsp3) is 0.588. The second kappa shape index (κ2) is 7.72. The van der Waals surface area contributed by atoms with E-state index in [1.807, 2.05) is 19.0 Å². The van der Waals surface area contributed by atoms with Crippen molar-refractivity contribution < 1.29 is 13.2 Å². The standard InChI is InChI=1S/C17H28N4O3S/c1-12-10-13(8-9-18-12)17(22)19-15-11-14(25(23,24)21(4)5)6-7-16(15)20(2)3/h6-7,11-13,18H,8-10H2,1-5H3,(H,19,22)/t12-,13-/m0/s1. The smallest absolute Gasteiger partial charge is 0.242 e. The molecule has 8 heteroatoms. The van der Waals surface area contributed by atoms with Crippen LogP contribution in [0.15, 0.2) is 23.1 Å². The lowest BCUT2D eigenvalue weighted by Crippen LogP contribution is -2.40. The second-order valence-electron chi connectivity index (χ2n) is 6.93. The number of hydrogen-bond donors (Lipinski definition) is 2. The van der Waals surface area contributed by atoms with E-state index in [0.29, 0.717) is 11.7 Å². The van der Waals surface area contributed by atoms with Crippen LogP contribution in [-0.2, 0) is 14.8 Å². The lowest BCUT2D eigenvalue weighted by Gasteiger charge is -2.28. The molecule has 1 heterocycles. The number of benzene rings is 1. The molecule has 1 aromatic rings. The molecule has 140 valence electrons. The number of anilines is 2. The van der Waals surface area contributed by atoms with Gasteiger partial charge in [0.1, 0.15) is 0 Å². The van der Waals surface area contributed by atoms with Gasteiger partial charge in [0.05, 0.1) is 16.3 Å². The molecule has 2 atom stereocenters. The first kappa shape index (κ1) is 19.7. The number of carbonyl (C=O) groups is 1. The number of hydrogen-bond acceptors (Lipinski definition) is 5. The van der Waals surface area contributed by atoms with E-state index in [0.717, 1.165) is 29.4 Å². The number of carbonyl (C=O) groups excluding carboxylic acids is 1. The summed E-state index contributed by atoms with van der Waals surface area (Å²) in [6.07, 6.45) is 1.56. The third-order valence-corrected chi connectivity index (χ3v) is 6.29. The van der Waals surface area contributed by atoms with Crippen molar-refractivity contribution in [1.82, 2.24) is 9.62 Å². The number of amides is 1. The molecular weight excluding hydrogens is 340 g/mol. The van der Waals surface area contributed by atoms with Crippen molar-refractivity contribution in [2.45, 2.75) is 30.7 Å². The van der Waals surface area contributed by atoms with Crippen LogP contribution in [-0.4, -0.2) is 59.4 Å². The van der Waals surface area contributed by atoms with Crippen LogP contribution in [0.3, 0.4) is 0 Å². The Labute approximate surface area is 150 Å². The summed E-state index contributed by atoms with van der Waals surface area (Å²) in [6, 6.07) is 5.12. The van der Waals surface area contributed by atoms with E-state index in [-0.39, 0.29) is 16.7 Å². The first-order valence-electron chi connectivity index (χ1n) is 8.41. The maximum atomic E-state index is 12.7. The van der Waals surface area contributed by atoms with Crippen LogP contribution < -0.4 is 15.5 Å². The van der Waals surface area contributed by atoms with Crippen molar-refractivity contribution in [2.24, 2.45) is 5.92 Å². The van der Waals surface area contributed by atoms with Gasteiger partial charge in [-0.3, -0.25) is 4.79 Å². The third-order valence-electron chi connectivity index (χ3n) is 4.48. The number of nitrogens with one attached hydrogen (secondary N) is 2. The average Bonchev–Trinajstić information content (AvgIpc) is 2.54. The Balaban J connectivity index is 2.32. The lowest BCUT2D eigenvalue weighted by atomic mass is 9.92. The van der Waals surface area contributed by atoms with Gasteiger partial charge in [-0.15, -0.1) is 0 Å². The Bertz CT molecular complexity index is 731. The number of nitrogens with zero attached hydrogens (tertiary/aromatic N) is 2. The van der Waals surface area contributed by atoms with E-state index in [4.69, 9.17) is 0 Å². The molecule has 0 aromatic heterocycles. The van der Waals surface area contributed by atoms with Crippen LogP contribution in [0.4, 0.5) is 11.4 Å². The van der Waals surface area contributed by atoms with Crippen molar-refractivity contribution in [3.05, 3.63) is 18.2 Å². The monoisotopic (exact) mass is 368 g/mol. The van der Waals surface area contributed by atoms with Gasteiger partial charge in [0.2, 0.25) is 15.9 Å². The molecule has 0 unspecified atom stereocenters. The zero-order chi connectivity index (χ0) is 18.8. The lowest BCUT2D eigenvalue weighted by molar-refractivity contribution is -0.120. The maximum absolute atomic E-state index is 12.7. The maximum Gasteiger partial charge on any atom is 0.242 e. The molecular formula is C17H28N4O3S. The highest BCUT2D eigenvalue weighted by atomic mass is 32.2. The molecule has 1 fully saturated rings. The van der Waals surface area contributed by atoms with Gasteiger partial charge in [0.25, 0.3) is 0 Å². The highest BCUT2D eigenvalue weighted by Gasteiger charge is 2.26. The van der Waals surface area contributed by atoms with Gasteiger partial charge in [-0.2, -0.15) is 0 Å². The van der Waals surface area contributed by atoms with E-state index < -0.39 is 10.0 Å². The molecule has 2 rings (SSSR count). The quantitative estimate of drug-likeness (QED) is 0.819. The predicted octanol–water partition coefficient (Wildman–Crippen LogP) is 1.33. The van der Waals surface area contributed by atoms with Gasteiger partial charge in [-0.05, 0) is 44.5 Å².